The van der Waals surface area contributed by atoms with E-state index in [0.29, 0.717) is 5.92 Å². The monoisotopic (exact) mass is 164 g/mol. The maximum absolute atomic E-state index is 10.3. The Morgan fingerprint density at radius 2 is 1.83 bits per heavy atom. The molecule has 66 valence electrons. The van der Waals surface area contributed by atoms with Gasteiger partial charge >= 0.3 is 18.9 Å². The zero-order valence-electron chi connectivity index (χ0n) is 8.81. The summed E-state index contributed by atoms with van der Waals surface area (Å²) in [5, 5.41) is 10.3. The van der Waals surface area contributed by atoms with E-state index in [2.05, 4.69) is 13.8 Å². The molecule has 0 aromatic carbocycles. The van der Waals surface area contributed by atoms with Crippen molar-refractivity contribution in [1.29, 1.82) is 0 Å². The van der Waals surface area contributed by atoms with Crippen LogP contribution in [0, 0.1) is 11.3 Å². The first-order valence-electron chi connectivity index (χ1n) is 4.03. The average molecular weight is 164 g/mol. The van der Waals surface area contributed by atoms with Crippen LogP contribution in [0.4, 0.5) is 0 Å². The minimum Gasteiger partial charge on any atom is -0.550 e. The number of hydrogen-bond acceptors (Lipinski definition) is 2. The second-order valence-electron chi connectivity index (χ2n) is 4.31. The SMILES string of the molecule is CC(C)CC(C)(C)CC(=O)[O-].[Li+]. The smallest absolute Gasteiger partial charge is 0.550 e. The number of rotatable bonds is 4. The van der Waals surface area contributed by atoms with Crippen molar-refractivity contribution in [2.24, 2.45) is 11.3 Å². The fourth-order valence-corrected chi connectivity index (χ4v) is 1.57. The van der Waals surface area contributed by atoms with Gasteiger partial charge in [0.05, 0.1) is 0 Å². The third kappa shape index (κ3) is 8.17. The van der Waals surface area contributed by atoms with Gasteiger partial charge < -0.3 is 9.90 Å². The van der Waals surface area contributed by atoms with Crippen LogP contribution in [-0.4, -0.2) is 5.97 Å². The molecule has 0 atom stereocenters. The molecule has 0 saturated heterocycles. The minimum atomic E-state index is -0.948. The maximum atomic E-state index is 10.3. The van der Waals surface area contributed by atoms with E-state index in [1.165, 1.54) is 0 Å². The van der Waals surface area contributed by atoms with Gasteiger partial charge in [-0.15, -0.1) is 0 Å². The first-order chi connectivity index (χ1) is 4.83. The van der Waals surface area contributed by atoms with Crippen molar-refractivity contribution in [3.05, 3.63) is 0 Å². The first-order valence-corrected chi connectivity index (χ1v) is 4.03. The standard InChI is InChI=1S/C9H18O2.Li/c1-7(2)5-9(3,4)6-8(10)11;/h7H,5-6H2,1-4H3,(H,10,11);/q;+1/p-1. The summed E-state index contributed by atoms with van der Waals surface area (Å²) >= 11 is 0. The molecule has 0 unspecified atom stereocenters. The molecule has 0 fully saturated rings. The molecule has 0 rings (SSSR count). The molecule has 2 nitrogen and oxygen atoms in total. The van der Waals surface area contributed by atoms with Crippen molar-refractivity contribution in [2.45, 2.75) is 40.5 Å². The van der Waals surface area contributed by atoms with E-state index in [-0.39, 0.29) is 30.7 Å². The largest absolute Gasteiger partial charge is 1.00 e. The summed E-state index contributed by atoms with van der Waals surface area (Å²) in [6.07, 6.45) is 1.09. The summed E-state index contributed by atoms with van der Waals surface area (Å²) in [6.45, 7) is 8.11. The number of carbonyl (C=O) groups is 1. The second-order valence-corrected chi connectivity index (χ2v) is 4.31. The Balaban J connectivity index is 0. The number of carboxylic acids is 1. The van der Waals surface area contributed by atoms with E-state index < -0.39 is 5.97 Å². The van der Waals surface area contributed by atoms with Crippen LogP contribution in [0.25, 0.3) is 0 Å². The summed E-state index contributed by atoms with van der Waals surface area (Å²) in [4.78, 5) is 10.3. The summed E-state index contributed by atoms with van der Waals surface area (Å²) < 4.78 is 0. The molecule has 0 aliphatic carbocycles. The van der Waals surface area contributed by atoms with Gasteiger partial charge in [-0.25, -0.2) is 0 Å². The van der Waals surface area contributed by atoms with Gasteiger partial charge in [0.15, 0.2) is 0 Å². The average Bonchev–Trinajstić information content (AvgIpc) is 1.53. The molecular weight excluding hydrogens is 147 g/mol. The Bertz CT molecular complexity index is 141. The Labute approximate surface area is 86.9 Å². The molecule has 0 radical (unpaired) electrons. The third-order valence-corrected chi connectivity index (χ3v) is 1.58. The fraction of sp³-hybridized carbons (Fsp3) is 0.889. The molecule has 0 aromatic heterocycles. The molecule has 0 saturated carbocycles. The zero-order chi connectivity index (χ0) is 9.07. The van der Waals surface area contributed by atoms with Crippen molar-refractivity contribution in [2.75, 3.05) is 0 Å². The maximum Gasteiger partial charge on any atom is 1.00 e. The van der Waals surface area contributed by atoms with E-state index in [1.54, 1.807) is 0 Å². The molecule has 3 heteroatoms. The summed E-state index contributed by atoms with van der Waals surface area (Å²) in [5.41, 5.74) is -0.118. The van der Waals surface area contributed by atoms with Gasteiger partial charge in [-0.05, 0) is 24.2 Å². The topological polar surface area (TPSA) is 40.1 Å². The van der Waals surface area contributed by atoms with Gasteiger partial charge in [-0.1, -0.05) is 27.7 Å². The first kappa shape index (κ1) is 14.6. The summed E-state index contributed by atoms with van der Waals surface area (Å²) in [5.74, 6) is -0.403. The Hall–Kier alpha value is 0.0674. The summed E-state index contributed by atoms with van der Waals surface area (Å²) in [6, 6.07) is 0. The van der Waals surface area contributed by atoms with Crippen LogP contribution in [-0.2, 0) is 4.79 Å². The van der Waals surface area contributed by atoms with E-state index >= 15 is 0 Å². The molecule has 12 heavy (non-hydrogen) atoms. The van der Waals surface area contributed by atoms with Crippen molar-refractivity contribution in [1.82, 2.24) is 0 Å². The van der Waals surface area contributed by atoms with E-state index in [9.17, 15) is 9.90 Å². The number of hydrogen-bond donors (Lipinski definition) is 0. The molecule has 0 bridgehead atoms. The molecule has 0 amide bonds. The van der Waals surface area contributed by atoms with Crippen LogP contribution in [0.3, 0.4) is 0 Å². The molecular formula is C9H17LiO2. The van der Waals surface area contributed by atoms with E-state index in [4.69, 9.17) is 0 Å². The molecule has 0 aromatic rings. The predicted molar refractivity (Wildman–Crippen MR) is 42.9 cm³/mol. The Morgan fingerprint density at radius 1 is 1.42 bits per heavy atom. The summed E-state index contributed by atoms with van der Waals surface area (Å²) in [7, 11) is 0. The molecule has 0 N–H and O–H groups in total. The van der Waals surface area contributed by atoms with Crippen molar-refractivity contribution >= 4 is 5.97 Å². The number of carbonyl (C=O) groups excluding carboxylic acids is 1. The van der Waals surface area contributed by atoms with Gasteiger partial charge in [-0.2, -0.15) is 0 Å². The van der Waals surface area contributed by atoms with Crippen LogP contribution in [0.15, 0.2) is 0 Å². The van der Waals surface area contributed by atoms with Crippen LogP contribution in [0.2, 0.25) is 0 Å². The van der Waals surface area contributed by atoms with Gasteiger partial charge in [0, 0.05) is 5.97 Å². The van der Waals surface area contributed by atoms with Crippen molar-refractivity contribution < 1.29 is 28.8 Å². The quantitative estimate of drug-likeness (QED) is 0.460. The van der Waals surface area contributed by atoms with Gasteiger partial charge in [0.2, 0.25) is 0 Å². The van der Waals surface area contributed by atoms with E-state index in [0.717, 1.165) is 6.42 Å². The number of carboxylic acid groups (broad SMARTS) is 1. The molecule has 0 heterocycles. The van der Waals surface area contributed by atoms with Gasteiger partial charge in [-0.3, -0.25) is 0 Å². The molecule has 0 aliphatic heterocycles. The molecule has 0 aliphatic rings. The predicted octanol–water partition coefficient (Wildman–Crippen LogP) is -1.80. The Morgan fingerprint density at radius 3 is 2.08 bits per heavy atom. The van der Waals surface area contributed by atoms with Crippen molar-refractivity contribution in [3.63, 3.8) is 0 Å². The number of aliphatic carboxylic acids is 1. The van der Waals surface area contributed by atoms with Gasteiger partial charge in [0.1, 0.15) is 0 Å². The van der Waals surface area contributed by atoms with E-state index in [1.807, 2.05) is 13.8 Å². The molecule has 0 spiro atoms. The van der Waals surface area contributed by atoms with Crippen LogP contribution >= 0.6 is 0 Å². The van der Waals surface area contributed by atoms with Gasteiger partial charge in [0.25, 0.3) is 0 Å². The third-order valence-electron chi connectivity index (χ3n) is 1.58. The van der Waals surface area contributed by atoms with Crippen LogP contribution in [0.1, 0.15) is 40.5 Å². The van der Waals surface area contributed by atoms with Crippen molar-refractivity contribution in [3.8, 4) is 0 Å². The minimum absolute atomic E-state index is 0. The normalized spacial score (nSPS) is 11.1. The Kier molecular flexibility index (Phi) is 6.89. The van der Waals surface area contributed by atoms with Crippen LogP contribution < -0.4 is 24.0 Å². The fourth-order valence-electron chi connectivity index (χ4n) is 1.57. The zero-order valence-corrected chi connectivity index (χ0v) is 8.81. The second kappa shape index (κ2) is 5.67. The van der Waals surface area contributed by atoms with Crippen LogP contribution in [0.5, 0.6) is 0 Å².